The molecule has 1 aliphatic heterocycles. The molecule has 8 heteroatoms. The summed E-state index contributed by atoms with van der Waals surface area (Å²) < 4.78 is 38.4. The van der Waals surface area contributed by atoms with Crippen LogP contribution in [0.5, 0.6) is 0 Å². The minimum atomic E-state index is -4.36. The number of aromatic nitrogens is 2. The summed E-state index contributed by atoms with van der Waals surface area (Å²) in [6.45, 7) is 8.87. The van der Waals surface area contributed by atoms with Crippen molar-refractivity contribution >= 4 is 5.95 Å². The Balaban J connectivity index is 1.81. The van der Waals surface area contributed by atoms with Crippen LogP contribution in [0.4, 0.5) is 19.1 Å². The van der Waals surface area contributed by atoms with E-state index in [0.717, 1.165) is 44.9 Å². The zero-order chi connectivity index (χ0) is 20.3. The molecule has 152 valence electrons. The Morgan fingerprint density at radius 3 is 2.21 bits per heavy atom. The Labute approximate surface area is 163 Å². The van der Waals surface area contributed by atoms with Crippen molar-refractivity contribution < 1.29 is 13.2 Å². The van der Waals surface area contributed by atoms with Crippen LogP contribution in [0.2, 0.25) is 0 Å². The second-order valence-electron chi connectivity index (χ2n) is 7.48. The van der Waals surface area contributed by atoms with E-state index in [-0.39, 0.29) is 6.54 Å². The normalized spacial score (nSPS) is 16.0. The molecule has 0 aliphatic carbocycles. The fourth-order valence-corrected chi connectivity index (χ4v) is 3.34. The molecule has 0 spiro atoms. The van der Waals surface area contributed by atoms with E-state index in [1.165, 1.54) is 12.1 Å². The molecule has 3 rings (SSSR count). The molecule has 1 fully saturated rings. The van der Waals surface area contributed by atoms with Crippen LogP contribution in [0.1, 0.15) is 25.1 Å². The first-order chi connectivity index (χ1) is 13.3. The van der Waals surface area contributed by atoms with Crippen LogP contribution in [-0.4, -0.2) is 47.6 Å². The molecule has 1 aromatic heterocycles. The lowest BCUT2D eigenvalue weighted by Gasteiger charge is -2.35. The van der Waals surface area contributed by atoms with Crippen LogP contribution in [0.25, 0.3) is 17.0 Å². The molecule has 2 heterocycles. The quantitative estimate of drug-likeness (QED) is 0.752. The molecule has 2 aromatic rings. The Kier molecular flexibility index (Phi) is 6.20. The molecule has 28 heavy (non-hydrogen) atoms. The SMILES string of the molecule is CC(C)CN1CCN(c2nc(C[NH-])cc(-c3ccc(C(F)(F)F)cc3)n2)CC1. The third kappa shape index (κ3) is 4.99. The first-order valence-electron chi connectivity index (χ1n) is 9.43. The summed E-state index contributed by atoms with van der Waals surface area (Å²) in [5.41, 5.74) is 8.68. The van der Waals surface area contributed by atoms with Crippen molar-refractivity contribution in [1.29, 1.82) is 0 Å². The van der Waals surface area contributed by atoms with Crippen molar-refractivity contribution in [2.75, 3.05) is 37.6 Å². The van der Waals surface area contributed by atoms with E-state index in [9.17, 15) is 13.2 Å². The molecule has 1 saturated heterocycles. The van der Waals surface area contributed by atoms with Gasteiger partial charge in [-0.05, 0) is 24.1 Å². The Morgan fingerprint density at radius 2 is 1.68 bits per heavy atom. The molecular formula is C20H25F3N5-. The van der Waals surface area contributed by atoms with Crippen LogP contribution < -0.4 is 4.90 Å². The van der Waals surface area contributed by atoms with Gasteiger partial charge in [0.15, 0.2) is 0 Å². The van der Waals surface area contributed by atoms with Crippen molar-refractivity contribution in [3.05, 3.63) is 47.3 Å². The minimum absolute atomic E-state index is 0.00350. The second-order valence-corrected chi connectivity index (χ2v) is 7.48. The Hall–Kier alpha value is -2.19. The van der Waals surface area contributed by atoms with Gasteiger partial charge in [0, 0.05) is 44.0 Å². The highest BCUT2D eigenvalue weighted by atomic mass is 19.4. The fourth-order valence-electron chi connectivity index (χ4n) is 3.34. The first kappa shape index (κ1) is 20.5. The number of anilines is 1. The van der Waals surface area contributed by atoms with E-state index >= 15 is 0 Å². The van der Waals surface area contributed by atoms with E-state index in [1.54, 1.807) is 6.07 Å². The molecule has 0 amide bonds. The molecular weight excluding hydrogens is 367 g/mol. The predicted octanol–water partition coefficient (Wildman–Crippen LogP) is 4.49. The number of halogens is 3. The van der Waals surface area contributed by atoms with Crippen LogP contribution in [-0.2, 0) is 12.7 Å². The van der Waals surface area contributed by atoms with Crippen LogP contribution in [0.3, 0.4) is 0 Å². The third-order valence-corrected chi connectivity index (χ3v) is 4.73. The standard InChI is InChI=1S/C20H25F3N5/c1-14(2)13-27-7-9-28(10-8-27)19-25-17(12-24)11-18(26-19)15-3-5-16(6-4-15)20(21,22)23/h3-6,11,14,24H,7-10,12-13H2,1-2H3/q-1. The van der Waals surface area contributed by atoms with Crippen molar-refractivity contribution in [3.8, 4) is 11.3 Å². The van der Waals surface area contributed by atoms with Gasteiger partial charge in [0.2, 0.25) is 5.95 Å². The highest BCUT2D eigenvalue weighted by molar-refractivity contribution is 5.61. The Morgan fingerprint density at radius 1 is 1.04 bits per heavy atom. The summed E-state index contributed by atoms with van der Waals surface area (Å²) in [6, 6.07) is 6.63. The van der Waals surface area contributed by atoms with Gasteiger partial charge in [-0.25, -0.2) is 9.97 Å². The van der Waals surface area contributed by atoms with Crippen molar-refractivity contribution in [1.82, 2.24) is 14.9 Å². The van der Waals surface area contributed by atoms with Crippen LogP contribution in [0.15, 0.2) is 30.3 Å². The summed E-state index contributed by atoms with van der Waals surface area (Å²) in [6.07, 6.45) is -4.36. The van der Waals surface area contributed by atoms with E-state index in [2.05, 4.69) is 33.6 Å². The van der Waals surface area contributed by atoms with Crippen molar-refractivity contribution in [3.63, 3.8) is 0 Å². The summed E-state index contributed by atoms with van der Waals surface area (Å²) >= 11 is 0. The molecule has 1 aromatic carbocycles. The number of nitrogens with zero attached hydrogens (tertiary/aromatic N) is 4. The number of rotatable bonds is 5. The molecule has 1 N–H and O–H groups in total. The maximum absolute atomic E-state index is 12.8. The van der Waals surface area contributed by atoms with Crippen LogP contribution >= 0.6 is 0 Å². The fraction of sp³-hybridized carbons (Fsp3) is 0.500. The minimum Gasteiger partial charge on any atom is -0.672 e. The lowest BCUT2D eigenvalue weighted by Crippen LogP contribution is -2.48. The van der Waals surface area contributed by atoms with Gasteiger partial charge >= 0.3 is 6.18 Å². The largest absolute Gasteiger partial charge is 0.672 e. The molecule has 0 radical (unpaired) electrons. The lowest BCUT2D eigenvalue weighted by molar-refractivity contribution is -0.137. The number of nitrogens with one attached hydrogen (secondary N) is 1. The van der Waals surface area contributed by atoms with Gasteiger partial charge in [-0.15, -0.1) is 6.54 Å². The van der Waals surface area contributed by atoms with E-state index < -0.39 is 11.7 Å². The molecule has 0 saturated carbocycles. The van der Waals surface area contributed by atoms with Gasteiger partial charge in [-0.2, -0.15) is 13.2 Å². The second kappa shape index (κ2) is 8.45. The van der Waals surface area contributed by atoms with Gasteiger partial charge in [-0.1, -0.05) is 26.0 Å². The number of hydrogen-bond acceptors (Lipinski definition) is 4. The zero-order valence-electron chi connectivity index (χ0n) is 16.1. The third-order valence-electron chi connectivity index (χ3n) is 4.73. The number of piperazine rings is 1. The average Bonchev–Trinajstić information content (AvgIpc) is 2.67. The number of alkyl halides is 3. The highest BCUT2D eigenvalue weighted by Gasteiger charge is 2.30. The highest BCUT2D eigenvalue weighted by Crippen LogP contribution is 2.31. The van der Waals surface area contributed by atoms with E-state index in [4.69, 9.17) is 5.73 Å². The molecule has 0 bridgehead atoms. The molecule has 5 nitrogen and oxygen atoms in total. The number of benzene rings is 1. The maximum Gasteiger partial charge on any atom is 0.416 e. The lowest BCUT2D eigenvalue weighted by atomic mass is 10.1. The number of hydrogen-bond donors (Lipinski definition) is 0. The van der Waals surface area contributed by atoms with Gasteiger partial charge < -0.3 is 10.6 Å². The smallest absolute Gasteiger partial charge is 0.416 e. The first-order valence-corrected chi connectivity index (χ1v) is 9.43. The molecule has 0 atom stereocenters. The molecule has 1 aliphatic rings. The maximum atomic E-state index is 12.8. The van der Waals surface area contributed by atoms with Crippen LogP contribution in [0, 0.1) is 5.92 Å². The average molecular weight is 392 g/mol. The van der Waals surface area contributed by atoms with E-state index in [1.807, 2.05) is 0 Å². The summed E-state index contributed by atoms with van der Waals surface area (Å²) in [5.74, 6) is 1.16. The Bertz CT molecular complexity index is 781. The van der Waals surface area contributed by atoms with Crippen molar-refractivity contribution in [2.45, 2.75) is 26.6 Å². The zero-order valence-corrected chi connectivity index (χ0v) is 16.1. The summed E-state index contributed by atoms with van der Waals surface area (Å²) in [5, 5.41) is 0. The topological polar surface area (TPSA) is 56.1 Å². The predicted molar refractivity (Wildman–Crippen MR) is 104 cm³/mol. The van der Waals surface area contributed by atoms with E-state index in [0.29, 0.717) is 28.8 Å². The summed E-state index contributed by atoms with van der Waals surface area (Å²) in [4.78, 5) is 13.6. The summed E-state index contributed by atoms with van der Waals surface area (Å²) in [7, 11) is 0. The van der Waals surface area contributed by atoms with Crippen molar-refractivity contribution in [2.24, 2.45) is 5.92 Å². The van der Waals surface area contributed by atoms with Gasteiger partial charge in [0.1, 0.15) is 0 Å². The monoisotopic (exact) mass is 392 g/mol. The van der Waals surface area contributed by atoms with Gasteiger partial charge in [0.05, 0.1) is 11.3 Å². The van der Waals surface area contributed by atoms with Gasteiger partial charge in [-0.3, -0.25) is 4.90 Å². The van der Waals surface area contributed by atoms with Gasteiger partial charge in [0.25, 0.3) is 0 Å². The molecule has 0 unspecified atom stereocenters.